The largest absolute Gasteiger partial charge is 0.504 e. The van der Waals surface area contributed by atoms with Crippen LogP contribution in [0.25, 0.3) is 11.1 Å². The highest BCUT2D eigenvalue weighted by Crippen LogP contribution is 2.55. The maximum Gasteiger partial charge on any atom is 0.318 e. The minimum Gasteiger partial charge on any atom is -0.504 e. The van der Waals surface area contributed by atoms with Crippen molar-refractivity contribution in [2.24, 2.45) is 0 Å². The Hall–Kier alpha value is -3.58. The van der Waals surface area contributed by atoms with Crippen LogP contribution in [0.5, 0.6) is 34.9 Å². The Labute approximate surface area is 177 Å². The van der Waals surface area contributed by atoms with Crippen molar-refractivity contribution in [2.45, 2.75) is 13.2 Å². The number of aromatic nitrogens is 4. The van der Waals surface area contributed by atoms with Crippen molar-refractivity contribution in [2.75, 3.05) is 12.3 Å². The van der Waals surface area contributed by atoms with Crippen LogP contribution in [0.1, 0.15) is 5.56 Å². The third-order valence-corrected chi connectivity index (χ3v) is 4.54. The van der Waals surface area contributed by atoms with Gasteiger partial charge in [-0.2, -0.15) is 0 Å². The SMILES string of the molecule is Cc1cnc(OC(O)COc2ncnc(N)c2-c2c(O)c(O)c(Br)c(O)c2O)nc1. The summed E-state index contributed by atoms with van der Waals surface area (Å²) in [6, 6.07) is -0.0860. The first-order valence-electron chi connectivity index (χ1n) is 8.23. The first kappa shape index (κ1) is 21.1. The highest BCUT2D eigenvalue weighted by atomic mass is 79.9. The first-order chi connectivity index (χ1) is 14.2. The molecule has 0 bridgehead atoms. The number of hydrogen-bond acceptors (Lipinski definition) is 12. The van der Waals surface area contributed by atoms with Gasteiger partial charge in [0.25, 0.3) is 0 Å². The highest BCUT2D eigenvalue weighted by Gasteiger charge is 2.28. The number of phenolic OH excluding ortho intramolecular Hbond substituents is 4. The van der Waals surface area contributed by atoms with Crippen LogP contribution >= 0.6 is 15.9 Å². The molecule has 158 valence electrons. The summed E-state index contributed by atoms with van der Waals surface area (Å²) in [6.45, 7) is 1.31. The van der Waals surface area contributed by atoms with Gasteiger partial charge in [0.05, 0.1) is 11.1 Å². The molecule has 30 heavy (non-hydrogen) atoms. The fourth-order valence-electron chi connectivity index (χ4n) is 2.38. The Morgan fingerprint density at radius 3 is 2.17 bits per heavy atom. The molecule has 0 amide bonds. The van der Waals surface area contributed by atoms with Crippen LogP contribution in [0.2, 0.25) is 0 Å². The second kappa shape index (κ2) is 8.42. The molecule has 0 aliphatic rings. The molecule has 1 unspecified atom stereocenters. The van der Waals surface area contributed by atoms with E-state index in [9.17, 15) is 25.5 Å². The summed E-state index contributed by atoms with van der Waals surface area (Å²) in [4.78, 5) is 15.4. The van der Waals surface area contributed by atoms with E-state index in [0.717, 1.165) is 11.9 Å². The standard InChI is InChI=1S/C17H16BrN5O7/c1-6-2-20-17(21-3-6)30-7(24)4-29-16-9(15(19)22-5-23-16)8-11(25)13(27)10(18)14(28)12(8)26/h2-3,5,7,24-28H,4H2,1H3,(H2,19,22,23). The van der Waals surface area contributed by atoms with Gasteiger partial charge >= 0.3 is 6.01 Å². The molecule has 0 spiro atoms. The molecule has 3 rings (SSSR count). The average molecular weight is 482 g/mol. The van der Waals surface area contributed by atoms with E-state index >= 15 is 0 Å². The lowest BCUT2D eigenvalue weighted by Gasteiger charge is -2.17. The van der Waals surface area contributed by atoms with Crippen molar-refractivity contribution in [1.82, 2.24) is 19.9 Å². The Morgan fingerprint density at radius 2 is 1.57 bits per heavy atom. The lowest BCUT2D eigenvalue weighted by Crippen LogP contribution is -2.25. The zero-order chi connectivity index (χ0) is 22.0. The fraction of sp³-hybridized carbons (Fsp3) is 0.176. The van der Waals surface area contributed by atoms with E-state index in [-0.39, 0.29) is 27.7 Å². The quantitative estimate of drug-likeness (QED) is 0.167. The summed E-state index contributed by atoms with van der Waals surface area (Å²) in [6.07, 6.45) is 2.52. The number of nitrogens with zero attached hydrogens (tertiary/aromatic N) is 4. The Bertz CT molecular complexity index is 1050. The monoisotopic (exact) mass is 481 g/mol. The second-order valence-electron chi connectivity index (χ2n) is 5.95. The summed E-state index contributed by atoms with van der Waals surface area (Å²) in [5.74, 6) is -3.66. The zero-order valence-corrected chi connectivity index (χ0v) is 16.9. The number of nitrogens with two attached hydrogens (primary N) is 1. The summed E-state index contributed by atoms with van der Waals surface area (Å²) < 4.78 is 10.2. The van der Waals surface area contributed by atoms with Crippen molar-refractivity contribution >= 4 is 21.7 Å². The summed E-state index contributed by atoms with van der Waals surface area (Å²) in [5, 5.41) is 50.5. The lowest BCUT2D eigenvalue weighted by atomic mass is 10.0. The number of ether oxygens (including phenoxy) is 2. The van der Waals surface area contributed by atoms with Crippen molar-refractivity contribution < 1.29 is 35.0 Å². The number of halogens is 1. The molecule has 12 nitrogen and oxygen atoms in total. The van der Waals surface area contributed by atoms with Gasteiger partial charge in [-0.05, 0) is 28.4 Å². The summed E-state index contributed by atoms with van der Waals surface area (Å²) >= 11 is 2.84. The van der Waals surface area contributed by atoms with E-state index < -0.39 is 41.5 Å². The molecular weight excluding hydrogens is 466 g/mol. The number of aryl methyl sites for hydroxylation is 1. The number of hydrogen-bond donors (Lipinski definition) is 6. The number of anilines is 1. The Morgan fingerprint density at radius 1 is 0.967 bits per heavy atom. The maximum absolute atomic E-state index is 10.3. The molecular formula is C17H16BrN5O7. The number of aromatic hydroxyl groups is 4. The molecule has 0 saturated heterocycles. The van der Waals surface area contributed by atoms with Gasteiger partial charge in [-0.25, -0.2) is 19.9 Å². The van der Waals surface area contributed by atoms with Crippen molar-refractivity contribution in [3.05, 3.63) is 28.8 Å². The molecule has 13 heteroatoms. The average Bonchev–Trinajstić information content (AvgIpc) is 2.72. The number of rotatable bonds is 6. The van der Waals surface area contributed by atoms with Gasteiger partial charge in [0.15, 0.2) is 29.6 Å². The van der Waals surface area contributed by atoms with Crippen LogP contribution in [0.15, 0.2) is 23.2 Å². The van der Waals surface area contributed by atoms with Crippen LogP contribution in [0.3, 0.4) is 0 Å². The predicted molar refractivity (Wildman–Crippen MR) is 105 cm³/mol. The first-order valence-corrected chi connectivity index (χ1v) is 9.02. The lowest BCUT2D eigenvalue weighted by molar-refractivity contribution is -0.0541. The normalized spacial score (nSPS) is 11.8. The smallest absolute Gasteiger partial charge is 0.318 e. The van der Waals surface area contributed by atoms with Crippen LogP contribution in [-0.2, 0) is 0 Å². The number of aliphatic hydroxyl groups is 1. The van der Waals surface area contributed by atoms with E-state index in [2.05, 4.69) is 35.9 Å². The van der Waals surface area contributed by atoms with Crippen molar-refractivity contribution in [3.63, 3.8) is 0 Å². The molecule has 0 saturated carbocycles. The van der Waals surface area contributed by atoms with Crippen LogP contribution in [0.4, 0.5) is 5.82 Å². The topological polar surface area (TPSA) is 197 Å². The highest BCUT2D eigenvalue weighted by molar-refractivity contribution is 9.10. The number of aliphatic hydroxyl groups excluding tert-OH is 1. The van der Waals surface area contributed by atoms with Crippen molar-refractivity contribution in [1.29, 1.82) is 0 Å². The van der Waals surface area contributed by atoms with Gasteiger partial charge in [-0.1, -0.05) is 0 Å². The minimum absolute atomic E-state index is 0.0860. The van der Waals surface area contributed by atoms with Gasteiger partial charge in [-0.15, -0.1) is 0 Å². The van der Waals surface area contributed by atoms with Gasteiger partial charge in [-0.3, -0.25) is 0 Å². The van der Waals surface area contributed by atoms with E-state index in [4.69, 9.17) is 15.2 Å². The molecule has 3 aromatic rings. The predicted octanol–water partition coefficient (Wildman–Crippen LogP) is 1.19. The van der Waals surface area contributed by atoms with E-state index in [1.54, 1.807) is 6.92 Å². The Balaban J connectivity index is 1.90. The number of nitrogen functional groups attached to an aromatic ring is 1. The fourth-order valence-corrected chi connectivity index (χ4v) is 2.76. The molecule has 1 atom stereocenters. The van der Waals surface area contributed by atoms with Gasteiger partial charge in [0.1, 0.15) is 16.6 Å². The van der Waals surface area contributed by atoms with Crippen LogP contribution in [-0.4, -0.2) is 58.4 Å². The maximum atomic E-state index is 10.3. The van der Waals surface area contributed by atoms with Crippen LogP contribution in [0, 0.1) is 6.92 Å². The van der Waals surface area contributed by atoms with E-state index in [1.807, 2.05) is 0 Å². The van der Waals surface area contributed by atoms with Crippen LogP contribution < -0.4 is 15.2 Å². The van der Waals surface area contributed by atoms with Crippen molar-refractivity contribution in [3.8, 4) is 46.0 Å². The number of phenols is 4. The third kappa shape index (κ3) is 4.06. The third-order valence-electron chi connectivity index (χ3n) is 3.79. The molecule has 0 aliphatic carbocycles. The number of benzene rings is 1. The van der Waals surface area contributed by atoms with Gasteiger partial charge in [0, 0.05) is 12.4 Å². The molecule has 0 radical (unpaired) electrons. The molecule has 7 N–H and O–H groups in total. The molecule has 0 fully saturated rings. The molecule has 0 aliphatic heterocycles. The molecule has 1 aromatic carbocycles. The zero-order valence-electron chi connectivity index (χ0n) is 15.3. The molecule has 2 aromatic heterocycles. The molecule has 2 heterocycles. The van der Waals surface area contributed by atoms with Gasteiger partial charge in [0.2, 0.25) is 12.2 Å². The second-order valence-corrected chi connectivity index (χ2v) is 6.74. The Kier molecular flexibility index (Phi) is 5.94. The minimum atomic E-state index is -1.51. The summed E-state index contributed by atoms with van der Waals surface area (Å²) in [7, 11) is 0. The van der Waals surface area contributed by atoms with E-state index in [0.29, 0.717) is 0 Å². The summed E-state index contributed by atoms with van der Waals surface area (Å²) in [5.41, 5.74) is 5.93. The van der Waals surface area contributed by atoms with Gasteiger partial charge < -0.3 is 40.7 Å². The van der Waals surface area contributed by atoms with E-state index in [1.165, 1.54) is 12.4 Å².